The number of hydrogen-bond acceptors (Lipinski definition) is 16. The number of benzene rings is 8. The Morgan fingerprint density at radius 1 is 0.337 bits per heavy atom. The van der Waals surface area contributed by atoms with Crippen molar-refractivity contribution in [3.8, 4) is 90.5 Å². The zero-order valence-electron chi connectivity index (χ0n) is 50.8. The summed E-state index contributed by atoms with van der Waals surface area (Å²) in [4.78, 5) is 19.3. The molecule has 2 unspecified atom stereocenters. The zero-order valence-corrected chi connectivity index (χ0v) is 60.1. The van der Waals surface area contributed by atoms with Crippen molar-refractivity contribution in [3.63, 3.8) is 0 Å². The summed E-state index contributed by atoms with van der Waals surface area (Å²) in [5, 5.41) is 0. The van der Waals surface area contributed by atoms with Crippen LogP contribution >= 0.6 is 34.4 Å². The second kappa shape index (κ2) is 35.8. The van der Waals surface area contributed by atoms with Gasteiger partial charge in [0.2, 0.25) is 0 Å². The molecule has 86 heavy (non-hydrogen) atoms. The molecule has 8 aromatic carbocycles. The molecule has 16 nitrogen and oxygen atoms in total. The molecule has 2 aliphatic heterocycles. The van der Waals surface area contributed by atoms with E-state index in [-0.39, 0.29) is 65.4 Å². The van der Waals surface area contributed by atoms with Gasteiger partial charge in [0, 0.05) is 124 Å². The van der Waals surface area contributed by atoms with Crippen LogP contribution in [0.5, 0.6) is 46.0 Å². The van der Waals surface area contributed by atoms with Crippen LogP contribution in [0.15, 0.2) is 146 Å². The molecule has 0 saturated carbocycles. The van der Waals surface area contributed by atoms with Crippen LogP contribution in [0.3, 0.4) is 0 Å². The first-order chi connectivity index (χ1) is 40.5. The number of aryl methyl sites for hydroxylation is 8. The molecule has 2 N–H and O–H groups in total. The van der Waals surface area contributed by atoms with E-state index in [1.54, 1.807) is 34.5 Å². The maximum absolute atomic E-state index is 9.80. The first-order valence-electron chi connectivity index (χ1n) is 26.4. The predicted octanol–water partition coefficient (Wildman–Crippen LogP) is 17.6. The number of para-hydroxylation sites is 4. The number of hydrogen-bond donors (Lipinski definition) is 2. The monoisotopic (exact) mass is 1400 g/mol. The summed E-state index contributed by atoms with van der Waals surface area (Å²) in [6.07, 6.45) is 0. The van der Waals surface area contributed by atoms with Crippen molar-refractivity contribution < 1.29 is 139 Å². The topological polar surface area (TPSA) is 170 Å². The normalized spacial score (nSPS) is 13.0. The Hall–Kier alpha value is -4.23. The van der Waals surface area contributed by atoms with Gasteiger partial charge in [-0.05, 0) is 148 Å². The second-order valence-corrected chi connectivity index (χ2v) is 23.4. The second-order valence-electron chi connectivity index (χ2n) is 19.0. The standard InChI is InChI=1S/C18H21O4P.C18H23O4P.C14H13O4P.C14H15O4P.2Y/c1-11-6-13(3)17(19-5)15(8-11)16-9-12(2)7-14(4)18(16)22-23-20-10-21-23;1-11-7-13(3)17(20-5)15(9-11)16-10-12(2)8-14(4)18(16)22-23(19)21-6;1-15-13-8-4-2-6-11(13)12-7-3-5-9-14(12)18-19-16-10-17-19;1-16-13-9-5-3-7-11(13)12-8-4-6-10-14(12)18-19(15)17-2;;/h6-9H,10H2,1-5H3;7-10,19H,1-6H3;2-9H,10H2,1H3;3-10,15H,1-2H3;;. The molecule has 0 spiro atoms. The van der Waals surface area contributed by atoms with Gasteiger partial charge in [-0.1, -0.05) is 97.1 Å². The van der Waals surface area contributed by atoms with Crippen LogP contribution in [0.4, 0.5) is 0 Å². The van der Waals surface area contributed by atoms with Crippen molar-refractivity contribution >= 4 is 34.4 Å². The zero-order chi connectivity index (χ0) is 60.5. The van der Waals surface area contributed by atoms with Crippen molar-refractivity contribution in [2.75, 3.05) is 56.2 Å². The van der Waals surface area contributed by atoms with Gasteiger partial charge < -0.3 is 55.9 Å². The molecule has 2 saturated heterocycles. The molecule has 0 aromatic heterocycles. The van der Waals surface area contributed by atoms with E-state index < -0.39 is 34.4 Å². The first-order valence-corrected chi connectivity index (χ1v) is 30.8. The summed E-state index contributed by atoms with van der Waals surface area (Å²) in [7, 11) is 3.08. The Bertz CT molecular complexity index is 3270. The summed E-state index contributed by atoms with van der Waals surface area (Å²) < 4.78 is 75.3. The maximum Gasteiger partial charge on any atom is 0.401 e. The number of rotatable bonds is 18. The van der Waals surface area contributed by atoms with E-state index in [0.717, 1.165) is 112 Å². The Labute approximate surface area is 561 Å². The van der Waals surface area contributed by atoms with E-state index in [4.69, 9.17) is 64.2 Å². The van der Waals surface area contributed by atoms with Crippen molar-refractivity contribution in [3.05, 3.63) is 190 Å². The van der Waals surface area contributed by atoms with Crippen molar-refractivity contribution in [1.82, 2.24) is 0 Å². The van der Waals surface area contributed by atoms with E-state index in [1.807, 2.05) is 138 Å². The minimum atomic E-state index is -1.96. The summed E-state index contributed by atoms with van der Waals surface area (Å²) in [5.74, 6) is 5.94. The van der Waals surface area contributed by atoms with Gasteiger partial charge in [-0.15, -0.1) is 0 Å². The van der Waals surface area contributed by atoms with Crippen LogP contribution in [-0.2, 0) is 92.6 Å². The SMILES string of the molecule is COc1c(C)cc(C)cc1-c1cc(C)cc(C)c1OP(O)OC.COc1c(C)cc(C)cc1-c1cc(C)cc(C)c1OP1OCO1.COc1ccccc1-c1ccccc1OP(O)OC.COc1ccccc1-c1ccccc1OP1OCO1.[Y].[Y]. The quantitative estimate of drug-likeness (QED) is 0.0777. The molecule has 2 heterocycles. The smallest absolute Gasteiger partial charge is 0.401 e. The molecule has 2 aliphatic rings. The fourth-order valence-electron chi connectivity index (χ4n) is 9.36. The molecule has 2 atom stereocenters. The molecular formula is C64H72O16P4Y2. The van der Waals surface area contributed by atoms with Gasteiger partial charge in [0.1, 0.15) is 46.0 Å². The van der Waals surface area contributed by atoms with Crippen LogP contribution in [-0.4, -0.2) is 66.0 Å². The fraction of sp³-hybridized carbons (Fsp3) is 0.250. The van der Waals surface area contributed by atoms with E-state index in [1.165, 1.54) is 25.3 Å². The molecule has 2 fully saturated rings. The number of methoxy groups -OCH3 is 4. The van der Waals surface area contributed by atoms with Crippen LogP contribution in [0.2, 0.25) is 0 Å². The van der Waals surface area contributed by atoms with E-state index in [2.05, 4.69) is 57.2 Å². The van der Waals surface area contributed by atoms with E-state index in [9.17, 15) is 9.79 Å². The average Bonchev–Trinajstić information content (AvgIpc) is 2.43. The minimum Gasteiger partial charge on any atom is -0.496 e. The summed E-state index contributed by atoms with van der Waals surface area (Å²) in [5.41, 5.74) is 16.4. The Morgan fingerprint density at radius 2 is 0.640 bits per heavy atom. The van der Waals surface area contributed by atoms with Crippen LogP contribution < -0.4 is 37.0 Å². The van der Waals surface area contributed by atoms with Gasteiger partial charge in [-0.2, -0.15) is 0 Å². The third kappa shape index (κ3) is 19.4. The molecule has 2 radical (unpaired) electrons. The predicted molar refractivity (Wildman–Crippen MR) is 334 cm³/mol. The summed E-state index contributed by atoms with van der Waals surface area (Å²) in [6.45, 7) is 16.9. The molecule has 22 heteroatoms. The van der Waals surface area contributed by atoms with Crippen molar-refractivity contribution in [2.24, 2.45) is 0 Å². The maximum atomic E-state index is 9.80. The molecular weight excluding hydrogens is 1330 g/mol. The van der Waals surface area contributed by atoms with Gasteiger partial charge in [-0.3, -0.25) is 18.1 Å². The molecule has 10 rings (SSSR count). The van der Waals surface area contributed by atoms with Crippen LogP contribution in [0.1, 0.15) is 44.5 Å². The molecule has 0 amide bonds. The molecule has 0 aliphatic carbocycles. The van der Waals surface area contributed by atoms with Gasteiger partial charge in [0.15, 0.2) is 13.6 Å². The van der Waals surface area contributed by atoms with Crippen LogP contribution in [0.25, 0.3) is 44.5 Å². The third-order valence-electron chi connectivity index (χ3n) is 12.9. The van der Waals surface area contributed by atoms with Crippen molar-refractivity contribution in [2.45, 2.75) is 55.4 Å². The summed E-state index contributed by atoms with van der Waals surface area (Å²) >= 11 is 0. The largest absolute Gasteiger partial charge is 0.496 e. The van der Waals surface area contributed by atoms with Crippen LogP contribution in [0, 0.1) is 55.4 Å². The molecule has 8 aromatic rings. The number of ether oxygens (including phenoxy) is 4. The summed E-state index contributed by atoms with van der Waals surface area (Å²) in [6, 6.07) is 47.4. The minimum absolute atomic E-state index is 0. The Morgan fingerprint density at radius 3 is 1.01 bits per heavy atom. The van der Waals surface area contributed by atoms with E-state index in [0.29, 0.717) is 25.1 Å². The molecule has 0 bridgehead atoms. The van der Waals surface area contributed by atoms with Gasteiger partial charge >= 0.3 is 34.4 Å². The first kappa shape index (κ1) is 72.5. The molecule has 450 valence electrons. The van der Waals surface area contributed by atoms with E-state index >= 15 is 0 Å². The Balaban J connectivity index is 0.000000208. The van der Waals surface area contributed by atoms with Crippen molar-refractivity contribution in [1.29, 1.82) is 0 Å². The van der Waals surface area contributed by atoms with Gasteiger partial charge in [0.05, 0.1) is 28.4 Å². The van der Waals surface area contributed by atoms with Gasteiger partial charge in [0.25, 0.3) is 0 Å². The average molecular weight is 1400 g/mol. The third-order valence-corrected chi connectivity index (χ3v) is 16.1. The fourth-order valence-corrected chi connectivity index (χ4v) is 11.5. The Kier molecular flexibility index (Phi) is 30.2. The van der Waals surface area contributed by atoms with Gasteiger partial charge in [-0.25, -0.2) is 0 Å².